The van der Waals surface area contributed by atoms with Crippen LogP contribution in [0.3, 0.4) is 0 Å². The number of rotatable bonds is 7. The zero-order valence-electron chi connectivity index (χ0n) is 12.7. The molecule has 120 valence electrons. The molecule has 1 aliphatic rings. The number of hydrogen-bond donors (Lipinski definition) is 2. The number of aryl methyl sites for hydroxylation is 1. The Hall–Kier alpha value is -2.08. The summed E-state index contributed by atoms with van der Waals surface area (Å²) >= 11 is 0. The lowest BCUT2D eigenvalue weighted by Crippen LogP contribution is -2.38. The van der Waals surface area contributed by atoms with Gasteiger partial charge in [-0.1, -0.05) is 12.1 Å². The van der Waals surface area contributed by atoms with Crippen molar-refractivity contribution in [3.8, 4) is 5.75 Å². The Morgan fingerprint density at radius 2 is 2.27 bits per heavy atom. The molecule has 22 heavy (non-hydrogen) atoms. The normalized spacial score (nSPS) is 18.1. The molecule has 0 radical (unpaired) electrons. The SMILES string of the molecule is Cc1cccc(OCCNC(=O)CN2CCC(C(=O)O)C2)c1. The summed E-state index contributed by atoms with van der Waals surface area (Å²) in [6.07, 6.45) is 0.610. The van der Waals surface area contributed by atoms with Crippen molar-refractivity contribution in [1.82, 2.24) is 10.2 Å². The number of likely N-dealkylation sites (tertiary alicyclic amines) is 1. The molecule has 0 aromatic heterocycles. The number of carbonyl (C=O) groups is 2. The Bertz CT molecular complexity index is 533. The monoisotopic (exact) mass is 306 g/mol. The molecule has 1 atom stereocenters. The highest BCUT2D eigenvalue weighted by Crippen LogP contribution is 2.15. The van der Waals surface area contributed by atoms with Gasteiger partial charge in [-0.2, -0.15) is 0 Å². The minimum atomic E-state index is -0.783. The van der Waals surface area contributed by atoms with Gasteiger partial charge in [0.25, 0.3) is 0 Å². The fraction of sp³-hybridized carbons (Fsp3) is 0.500. The number of aliphatic carboxylic acids is 1. The fourth-order valence-electron chi connectivity index (χ4n) is 2.50. The van der Waals surface area contributed by atoms with Gasteiger partial charge in [0.15, 0.2) is 0 Å². The van der Waals surface area contributed by atoms with Crippen LogP contribution in [0.1, 0.15) is 12.0 Å². The van der Waals surface area contributed by atoms with Crippen LogP contribution in [-0.2, 0) is 9.59 Å². The van der Waals surface area contributed by atoms with Crippen LogP contribution in [0.15, 0.2) is 24.3 Å². The van der Waals surface area contributed by atoms with Gasteiger partial charge in [0.1, 0.15) is 12.4 Å². The second kappa shape index (κ2) is 7.79. The van der Waals surface area contributed by atoms with Crippen molar-refractivity contribution < 1.29 is 19.4 Å². The summed E-state index contributed by atoms with van der Waals surface area (Å²) in [6, 6.07) is 7.74. The van der Waals surface area contributed by atoms with E-state index in [0.29, 0.717) is 32.7 Å². The summed E-state index contributed by atoms with van der Waals surface area (Å²) in [5, 5.41) is 11.7. The van der Waals surface area contributed by atoms with Crippen molar-refractivity contribution in [2.24, 2.45) is 5.92 Å². The standard InChI is InChI=1S/C16H22N2O4/c1-12-3-2-4-14(9-12)22-8-6-17-15(19)11-18-7-5-13(10-18)16(20)21/h2-4,9,13H,5-8,10-11H2,1H3,(H,17,19)(H,20,21). The molecule has 0 bridgehead atoms. The third-order valence-electron chi connectivity index (χ3n) is 3.67. The molecule has 2 N–H and O–H groups in total. The number of ether oxygens (including phenoxy) is 1. The van der Waals surface area contributed by atoms with Gasteiger partial charge in [-0.25, -0.2) is 0 Å². The van der Waals surface area contributed by atoms with Crippen molar-refractivity contribution in [2.45, 2.75) is 13.3 Å². The molecular weight excluding hydrogens is 284 g/mol. The van der Waals surface area contributed by atoms with E-state index in [4.69, 9.17) is 9.84 Å². The quantitative estimate of drug-likeness (QED) is 0.732. The number of hydrogen-bond acceptors (Lipinski definition) is 4. The predicted octanol–water partition coefficient (Wildman–Crippen LogP) is 0.897. The number of carboxylic acids is 1. The average molecular weight is 306 g/mol. The van der Waals surface area contributed by atoms with Gasteiger partial charge in [0.05, 0.1) is 19.0 Å². The highest BCUT2D eigenvalue weighted by molar-refractivity contribution is 5.78. The summed E-state index contributed by atoms with van der Waals surface area (Å²) < 4.78 is 5.55. The molecule has 6 heteroatoms. The van der Waals surface area contributed by atoms with Gasteiger partial charge in [0, 0.05) is 6.54 Å². The molecule has 1 heterocycles. The van der Waals surface area contributed by atoms with Gasteiger partial charge in [-0.15, -0.1) is 0 Å². The lowest BCUT2D eigenvalue weighted by molar-refractivity contribution is -0.141. The molecule has 0 aliphatic carbocycles. The van der Waals surface area contributed by atoms with Crippen molar-refractivity contribution in [1.29, 1.82) is 0 Å². The first-order chi connectivity index (χ1) is 10.5. The van der Waals surface area contributed by atoms with Gasteiger partial charge in [0.2, 0.25) is 5.91 Å². The van der Waals surface area contributed by atoms with E-state index in [2.05, 4.69) is 5.32 Å². The van der Waals surface area contributed by atoms with E-state index in [1.54, 1.807) is 0 Å². The number of carbonyl (C=O) groups excluding carboxylic acids is 1. The molecule has 1 aliphatic heterocycles. The van der Waals surface area contributed by atoms with Crippen LogP contribution in [0.4, 0.5) is 0 Å². The van der Waals surface area contributed by atoms with Crippen LogP contribution in [0, 0.1) is 12.8 Å². The van der Waals surface area contributed by atoms with Crippen LogP contribution in [0.5, 0.6) is 5.75 Å². The third kappa shape index (κ3) is 5.04. The van der Waals surface area contributed by atoms with Gasteiger partial charge in [-0.05, 0) is 37.6 Å². The van der Waals surface area contributed by atoms with E-state index < -0.39 is 5.97 Å². The molecular formula is C16H22N2O4. The minimum absolute atomic E-state index is 0.0983. The first-order valence-corrected chi connectivity index (χ1v) is 7.46. The summed E-state index contributed by atoms with van der Waals surface area (Å²) in [5.74, 6) is -0.441. The summed E-state index contributed by atoms with van der Waals surface area (Å²) in [4.78, 5) is 24.5. The highest BCUT2D eigenvalue weighted by atomic mass is 16.5. The Morgan fingerprint density at radius 3 is 2.95 bits per heavy atom. The van der Waals surface area contributed by atoms with Crippen molar-refractivity contribution in [3.63, 3.8) is 0 Å². The molecule has 0 saturated carbocycles. The number of nitrogens with one attached hydrogen (secondary N) is 1. The molecule has 1 saturated heterocycles. The number of amides is 1. The molecule has 1 aromatic carbocycles. The summed E-state index contributed by atoms with van der Waals surface area (Å²) in [5.41, 5.74) is 1.13. The van der Waals surface area contributed by atoms with E-state index in [0.717, 1.165) is 11.3 Å². The largest absolute Gasteiger partial charge is 0.492 e. The zero-order valence-corrected chi connectivity index (χ0v) is 12.7. The molecule has 2 rings (SSSR count). The first kappa shape index (κ1) is 16.3. The van der Waals surface area contributed by atoms with Crippen LogP contribution >= 0.6 is 0 Å². The van der Waals surface area contributed by atoms with Gasteiger partial charge >= 0.3 is 5.97 Å². The lowest BCUT2D eigenvalue weighted by Gasteiger charge is -2.15. The van der Waals surface area contributed by atoms with Crippen LogP contribution in [0.2, 0.25) is 0 Å². The third-order valence-corrected chi connectivity index (χ3v) is 3.67. The Kier molecular flexibility index (Phi) is 5.77. The smallest absolute Gasteiger partial charge is 0.307 e. The van der Waals surface area contributed by atoms with Gasteiger partial charge in [-0.3, -0.25) is 14.5 Å². The highest BCUT2D eigenvalue weighted by Gasteiger charge is 2.28. The Balaban J connectivity index is 1.61. The average Bonchev–Trinajstić information content (AvgIpc) is 2.92. The zero-order chi connectivity index (χ0) is 15.9. The van der Waals surface area contributed by atoms with Crippen LogP contribution in [0.25, 0.3) is 0 Å². The predicted molar refractivity (Wildman–Crippen MR) is 81.9 cm³/mol. The minimum Gasteiger partial charge on any atom is -0.492 e. The van der Waals surface area contributed by atoms with Gasteiger partial charge < -0.3 is 15.2 Å². The van der Waals surface area contributed by atoms with Crippen LogP contribution < -0.4 is 10.1 Å². The second-order valence-corrected chi connectivity index (χ2v) is 5.57. The van der Waals surface area contributed by atoms with E-state index in [9.17, 15) is 9.59 Å². The van der Waals surface area contributed by atoms with Crippen LogP contribution in [-0.4, -0.2) is 54.7 Å². The molecule has 1 aromatic rings. The number of nitrogens with zero attached hydrogens (tertiary/aromatic N) is 1. The van der Waals surface area contributed by atoms with E-state index in [-0.39, 0.29) is 18.4 Å². The lowest BCUT2D eigenvalue weighted by atomic mass is 10.1. The maximum atomic E-state index is 11.8. The molecule has 1 fully saturated rings. The molecule has 1 amide bonds. The van der Waals surface area contributed by atoms with E-state index >= 15 is 0 Å². The second-order valence-electron chi connectivity index (χ2n) is 5.57. The summed E-state index contributed by atoms with van der Waals surface area (Å²) in [7, 11) is 0. The van der Waals surface area contributed by atoms with E-state index in [1.165, 1.54) is 0 Å². The fourth-order valence-corrected chi connectivity index (χ4v) is 2.50. The first-order valence-electron chi connectivity index (χ1n) is 7.46. The Labute approximate surface area is 130 Å². The number of carboxylic acid groups (broad SMARTS) is 1. The Morgan fingerprint density at radius 1 is 1.45 bits per heavy atom. The van der Waals surface area contributed by atoms with Crippen molar-refractivity contribution in [3.05, 3.63) is 29.8 Å². The molecule has 1 unspecified atom stereocenters. The number of benzene rings is 1. The maximum absolute atomic E-state index is 11.8. The van der Waals surface area contributed by atoms with Crippen molar-refractivity contribution >= 4 is 11.9 Å². The molecule has 6 nitrogen and oxygen atoms in total. The van der Waals surface area contributed by atoms with Crippen molar-refractivity contribution in [2.75, 3.05) is 32.8 Å². The molecule has 0 spiro atoms. The topological polar surface area (TPSA) is 78.9 Å². The summed E-state index contributed by atoms with van der Waals surface area (Å²) in [6.45, 7) is 4.19. The maximum Gasteiger partial charge on any atom is 0.307 e. The van der Waals surface area contributed by atoms with E-state index in [1.807, 2.05) is 36.1 Å².